The molecule has 7 unspecified atom stereocenters. The number of anilines is 1. The fourth-order valence-electron chi connectivity index (χ4n) is 7.82. The first kappa shape index (κ1) is 26.3. The molecule has 4 fully saturated rings. The van der Waals surface area contributed by atoms with Crippen LogP contribution in [0.15, 0.2) is 91.0 Å². The standard InChI is InChI=1S/C32H32N2O7/c1-21-31(39)30(28(38)34(21)24-15-9-4-10-16-24)29(41-30,22-11-5-2-6-12-22)32(23-13-7-3-8-14-23)33(31)18-17-26(40-32)19-25(35)20-27(36)37/h2-16,21,25-26,35,39H,17-20H2,1H3,(H,36,37). The van der Waals surface area contributed by atoms with Gasteiger partial charge in [-0.15, -0.1) is 0 Å². The smallest absolute Gasteiger partial charge is 0.305 e. The van der Waals surface area contributed by atoms with Crippen LogP contribution in [0.2, 0.25) is 0 Å². The van der Waals surface area contributed by atoms with Gasteiger partial charge in [-0.25, -0.2) is 4.90 Å². The first-order chi connectivity index (χ1) is 19.7. The van der Waals surface area contributed by atoms with E-state index in [0.29, 0.717) is 29.8 Å². The molecule has 9 nitrogen and oxygen atoms in total. The van der Waals surface area contributed by atoms with Crippen molar-refractivity contribution in [2.24, 2.45) is 0 Å². The Morgan fingerprint density at radius 2 is 1.54 bits per heavy atom. The van der Waals surface area contributed by atoms with Gasteiger partial charge in [0.15, 0.2) is 17.1 Å². The molecule has 0 aromatic heterocycles. The summed E-state index contributed by atoms with van der Waals surface area (Å²) in [4.78, 5) is 29.5. The Kier molecular flexibility index (Phi) is 5.74. The number of epoxide rings is 1. The van der Waals surface area contributed by atoms with Crippen LogP contribution >= 0.6 is 0 Å². The Morgan fingerprint density at radius 3 is 2.15 bits per heavy atom. The number of amides is 1. The predicted octanol–water partition coefficient (Wildman–Crippen LogP) is 2.96. The Labute approximate surface area is 237 Å². The topological polar surface area (TPSA) is 123 Å². The van der Waals surface area contributed by atoms with Crippen LogP contribution in [0.1, 0.15) is 37.3 Å². The minimum atomic E-state index is -1.78. The molecule has 1 amide bonds. The number of rotatable bonds is 7. The molecule has 4 heterocycles. The summed E-state index contributed by atoms with van der Waals surface area (Å²) in [6.45, 7) is 2.16. The van der Waals surface area contributed by atoms with Gasteiger partial charge in [0.05, 0.1) is 24.7 Å². The van der Waals surface area contributed by atoms with Gasteiger partial charge < -0.3 is 29.7 Å². The van der Waals surface area contributed by atoms with E-state index in [4.69, 9.17) is 9.47 Å². The number of carboxylic acids is 1. The minimum Gasteiger partial charge on any atom is -0.481 e. The van der Waals surface area contributed by atoms with Crippen LogP contribution in [0.4, 0.5) is 5.69 Å². The number of aliphatic hydroxyl groups excluding tert-OH is 1. The van der Waals surface area contributed by atoms with Crippen molar-refractivity contribution in [3.63, 3.8) is 0 Å². The lowest BCUT2D eigenvalue weighted by molar-refractivity contribution is -0.318. The minimum absolute atomic E-state index is 0.0880. The summed E-state index contributed by atoms with van der Waals surface area (Å²) in [5.41, 5.74) is -4.28. The van der Waals surface area contributed by atoms with Gasteiger partial charge in [0.1, 0.15) is 0 Å². The van der Waals surface area contributed by atoms with Gasteiger partial charge in [-0.05, 0) is 31.0 Å². The number of fused-ring (bicyclic) bond motifs is 3. The fraction of sp³-hybridized carbons (Fsp3) is 0.375. The maximum absolute atomic E-state index is 14.7. The molecule has 0 saturated carbocycles. The van der Waals surface area contributed by atoms with Crippen LogP contribution in [0.3, 0.4) is 0 Å². The van der Waals surface area contributed by atoms with Gasteiger partial charge in [0.2, 0.25) is 5.60 Å². The monoisotopic (exact) mass is 556 g/mol. The number of carbonyl (C=O) groups excluding carboxylic acids is 1. The number of benzene rings is 3. The molecule has 4 aliphatic rings. The molecular weight excluding hydrogens is 524 g/mol. The van der Waals surface area contributed by atoms with Gasteiger partial charge >= 0.3 is 5.97 Å². The average molecular weight is 557 g/mol. The summed E-state index contributed by atoms with van der Waals surface area (Å²) < 4.78 is 13.8. The highest BCUT2D eigenvalue weighted by Gasteiger charge is 3.02. The number of aliphatic carboxylic acids is 1. The summed E-state index contributed by atoms with van der Waals surface area (Å²) in [5, 5.41) is 32.8. The molecular formula is C32H32N2O7. The molecule has 0 aliphatic carbocycles. The van der Waals surface area contributed by atoms with E-state index < -0.39 is 53.3 Å². The normalized spacial score (nSPS) is 36.4. The number of hydrogen-bond donors (Lipinski definition) is 3. The third kappa shape index (κ3) is 3.13. The van der Waals surface area contributed by atoms with E-state index in [1.54, 1.807) is 4.90 Å². The van der Waals surface area contributed by atoms with Gasteiger partial charge in [0, 0.05) is 24.2 Å². The summed E-state index contributed by atoms with van der Waals surface area (Å²) >= 11 is 0. The van der Waals surface area contributed by atoms with E-state index in [1.165, 1.54) is 0 Å². The lowest BCUT2D eigenvalue weighted by Gasteiger charge is -2.54. The van der Waals surface area contributed by atoms with Crippen LogP contribution in [-0.2, 0) is 30.4 Å². The lowest BCUT2D eigenvalue weighted by atomic mass is 9.76. The van der Waals surface area contributed by atoms with Crippen molar-refractivity contribution in [1.29, 1.82) is 0 Å². The molecule has 9 heteroatoms. The third-order valence-corrected chi connectivity index (χ3v) is 9.37. The van der Waals surface area contributed by atoms with Gasteiger partial charge in [-0.3, -0.25) is 9.59 Å². The van der Waals surface area contributed by atoms with Gasteiger partial charge in [0.25, 0.3) is 5.91 Å². The van der Waals surface area contributed by atoms with Crippen molar-refractivity contribution in [3.05, 3.63) is 102 Å². The maximum atomic E-state index is 14.7. The highest BCUT2D eigenvalue weighted by Crippen LogP contribution is 2.81. The number of ether oxygens (including phenoxy) is 2. The van der Waals surface area contributed by atoms with E-state index in [-0.39, 0.29) is 12.3 Å². The zero-order valence-electron chi connectivity index (χ0n) is 22.6. The Bertz CT molecular complexity index is 1490. The molecule has 0 bridgehead atoms. The van der Waals surface area contributed by atoms with Gasteiger partial charge in [-0.2, -0.15) is 0 Å². The molecule has 4 saturated heterocycles. The molecule has 7 rings (SSSR count). The number of aliphatic hydroxyl groups is 2. The Morgan fingerprint density at radius 1 is 0.951 bits per heavy atom. The van der Waals surface area contributed by atoms with Crippen molar-refractivity contribution >= 4 is 17.6 Å². The molecule has 41 heavy (non-hydrogen) atoms. The van der Waals surface area contributed by atoms with Crippen molar-refractivity contribution in [3.8, 4) is 0 Å². The van der Waals surface area contributed by atoms with Crippen molar-refractivity contribution in [1.82, 2.24) is 4.90 Å². The molecule has 3 aromatic carbocycles. The largest absolute Gasteiger partial charge is 0.481 e. The zero-order valence-corrected chi connectivity index (χ0v) is 22.6. The number of carboxylic acid groups (broad SMARTS) is 1. The average Bonchev–Trinajstić information content (AvgIpc) is 3.63. The highest BCUT2D eigenvalue weighted by molar-refractivity contribution is 6.09. The number of nitrogens with zero attached hydrogens (tertiary/aromatic N) is 2. The molecule has 212 valence electrons. The van der Waals surface area contributed by atoms with Crippen LogP contribution in [0, 0.1) is 0 Å². The lowest BCUT2D eigenvalue weighted by Crippen LogP contribution is -2.68. The summed E-state index contributed by atoms with van der Waals surface area (Å²) in [7, 11) is 0. The number of carbonyl (C=O) groups is 2. The number of morpholine rings is 1. The second-order valence-electron chi connectivity index (χ2n) is 11.4. The van der Waals surface area contributed by atoms with Gasteiger partial charge in [-0.1, -0.05) is 78.9 Å². The van der Waals surface area contributed by atoms with Crippen LogP contribution < -0.4 is 4.90 Å². The van der Waals surface area contributed by atoms with Crippen molar-refractivity contribution in [2.45, 2.75) is 67.1 Å². The van der Waals surface area contributed by atoms with Crippen LogP contribution in [0.25, 0.3) is 0 Å². The van der Waals surface area contributed by atoms with E-state index in [9.17, 15) is 24.9 Å². The number of hydrogen-bond acceptors (Lipinski definition) is 7. The Hall–Kier alpha value is -3.60. The second kappa shape index (κ2) is 8.95. The Balaban J connectivity index is 1.45. The molecule has 7 atom stereocenters. The maximum Gasteiger partial charge on any atom is 0.305 e. The quantitative estimate of drug-likeness (QED) is 0.380. The molecule has 4 aliphatic heterocycles. The summed E-state index contributed by atoms with van der Waals surface area (Å²) in [5.74, 6) is -1.44. The fourth-order valence-corrected chi connectivity index (χ4v) is 7.82. The summed E-state index contributed by atoms with van der Waals surface area (Å²) in [6.07, 6.45) is -1.57. The van der Waals surface area contributed by atoms with Crippen molar-refractivity contribution < 1.29 is 34.4 Å². The number of para-hydroxylation sites is 1. The van der Waals surface area contributed by atoms with E-state index in [1.807, 2.05) is 103 Å². The van der Waals surface area contributed by atoms with E-state index in [0.717, 1.165) is 0 Å². The zero-order chi connectivity index (χ0) is 28.6. The summed E-state index contributed by atoms with van der Waals surface area (Å²) in [6, 6.07) is 27.4. The second-order valence-corrected chi connectivity index (χ2v) is 11.4. The highest BCUT2D eigenvalue weighted by atomic mass is 16.7. The molecule has 0 radical (unpaired) electrons. The third-order valence-electron chi connectivity index (χ3n) is 9.37. The molecule has 3 aromatic rings. The first-order valence-corrected chi connectivity index (χ1v) is 14.0. The van der Waals surface area contributed by atoms with Crippen molar-refractivity contribution in [2.75, 3.05) is 11.4 Å². The molecule has 3 N–H and O–H groups in total. The molecule has 1 spiro atoms. The van der Waals surface area contributed by atoms with E-state index >= 15 is 0 Å². The van der Waals surface area contributed by atoms with Crippen LogP contribution in [0.5, 0.6) is 0 Å². The first-order valence-electron chi connectivity index (χ1n) is 14.0. The van der Waals surface area contributed by atoms with Crippen LogP contribution in [-0.4, -0.2) is 68.2 Å². The van der Waals surface area contributed by atoms with E-state index in [2.05, 4.69) is 0 Å². The SMILES string of the molecule is CC1N(c2ccccc2)C(=O)C23OC2(c2ccccc2)C2(c4ccccc4)OC(CC(O)CC(=O)O)CCN2C13O. The predicted molar refractivity (Wildman–Crippen MR) is 147 cm³/mol.